The van der Waals surface area contributed by atoms with Crippen LogP contribution in [0.5, 0.6) is 0 Å². The Hall–Kier alpha value is -0.280. The van der Waals surface area contributed by atoms with E-state index in [1.165, 1.54) is 19.3 Å². The van der Waals surface area contributed by atoms with E-state index in [0.29, 0.717) is 30.3 Å². The van der Waals surface area contributed by atoms with E-state index in [-0.39, 0.29) is 18.3 Å². The van der Waals surface area contributed by atoms with Gasteiger partial charge in [-0.3, -0.25) is 4.79 Å². The van der Waals surface area contributed by atoms with Crippen LogP contribution in [-0.4, -0.2) is 24.5 Å². The fourth-order valence-electron chi connectivity index (χ4n) is 3.79. The number of halogens is 1. The molecule has 1 aliphatic carbocycles. The van der Waals surface area contributed by atoms with Crippen LogP contribution in [0.4, 0.5) is 0 Å². The van der Waals surface area contributed by atoms with E-state index in [1.807, 2.05) is 0 Å². The summed E-state index contributed by atoms with van der Waals surface area (Å²) in [6.07, 6.45) is 6.78. The Morgan fingerprint density at radius 1 is 1.30 bits per heavy atom. The summed E-state index contributed by atoms with van der Waals surface area (Å²) in [7, 11) is 0. The first kappa shape index (κ1) is 17.8. The molecule has 2 fully saturated rings. The van der Waals surface area contributed by atoms with Crippen molar-refractivity contribution in [1.29, 1.82) is 0 Å². The van der Waals surface area contributed by atoms with Gasteiger partial charge in [-0.05, 0) is 50.0 Å². The van der Waals surface area contributed by atoms with Gasteiger partial charge in [0, 0.05) is 18.5 Å². The maximum absolute atomic E-state index is 12.2. The zero-order valence-electron chi connectivity index (χ0n) is 13.2. The molecular formula is C16H31ClN2O. The van der Waals surface area contributed by atoms with Gasteiger partial charge < -0.3 is 10.6 Å². The van der Waals surface area contributed by atoms with Crippen molar-refractivity contribution >= 4 is 18.3 Å². The van der Waals surface area contributed by atoms with Crippen LogP contribution in [0.15, 0.2) is 0 Å². The molecule has 1 amide bonds. The van der Waals surface area contributed by atoms with Crippen LogP contribution in [-0.2, 0) is 4.79 Å². The highest BCUT2D eigenvalue weighted by Crippen LogP contribution is 2.33. The Kier molecular flexibility index (Phi) is 7.32. The summed E-state index contributed by atoms with van der Waals surface area (Å²) in [5.74, 6) is 2.34. The molecule has 0 aromatic rings. The van der Waals surface area contributed by atoms with Crippen LogP contribution in [0.3, 0.4) is 0 Å². The topological polar surface area (TPSA) is 41.1 Å². The zero-order chi connectivity index (χ0) is 13.8. The molecule has 0 aromatic carbocycles. The Balaban J connectivity index is 0.00000200. The second-order valence-electron chi connectivity index (χ2n) is 7.00. The molecule has 1 saturated carbocycles. The van der Waals surface area contributed by atoms with Gasteiger partial charge in [-0.15, -0.1) is 12.4 Å². The number of carbonyl (C=O) groups excluding carboxylic acids is 1. The van der Waals surface area contributed by atoms with E-state index in [4.69, 9.17) is 0 Å². The number of amides is 1. The van der Waals surface area contributed by atoms with Crippen LogP contribution >= 0.6 is 12.4 Å². The Bertz CT molecular complexity index is 303. The standard InChI is InChI=1S/C16H30N2O.ClH/c1-11(2)14-7-6-12(3)9-15(14)18-16(19)10-13-5-4-8-17-13;/h11-15,17H,4-10H2,1-3H3,(H,18,19);1H. The van der Waals surface area contributed by atoms with Crippen molar-refractivity contribution < 1.29 is 4.79 Å². The summed E-state index contributed by atoms with van der Waals surface area (Å²) in [5.41, 5.74) is 0. The van der Waals surface area contributed by atoms with Gasteiger partial charge in [0.15, 0.2) is 0 Å². The molecule has 1 aliphatic heterocycles. The van der Waals surface area contributed by atoms with Crippen molar-refractivity contribution in [3.8, 4) is 0 Å². The van der Waals surface area contributed by atoms with E-state index in [1.54, 1.807) is 0 Å². The number of hydrogen-bond acceptors (Lipinski definition) is 2. The highest BCUT2D eigenvalue weighted by Gasteiger charge is 2.32. The Morgan fingerprint density at radius 3 is 2.65 bits per heavy atom. The van der Waals surface area contributed by atoms with Crippen LogP contribution in [0.2, 0.25) is 0 Å². The number of hydrogen-bond donors (Lipinski definition) is 2. The first-order chi connectivity index (χ1) is 9.06. The minimum atomic E-state index is 0. The van der Waals surface area contributed by atoms with Crippen molar-refractivity contribution in [2.75, 3.05) is 6.54 Å². The van der Waals surface area contributed by atoms with Gasteiger partial charge >= 0.3 is 0 Å². The lowest BCUT2D eigenvalue weighted by Crippen LogP contribution is -2.46. The molecule has 20 heavy (non-hydrogen) atoms. The molecular weight excluding hydrogens is 272 g/mol. The third-order valence-electron chi connectivity index (χ3n) is 4.96. The van der Waals surface area contributed by atoms with Gasteiger partial charge in [-0.25, -0.2) is 0 Å². The fourth-order valence-corrected chi connectivity index (χ4v) is 3.79. The van der Waals surface area contributed by atoms with Gasteiger partial charge in [0.2, 0.25) is 5.91 Å². The summed E-state index contributed by atoms with van der Waals surface area (Å²) >= 11 is 0. The van der Waals surface area contributed by atoms with Gasteiger partial charge in [-0.2, -0.15) is 0 Å². The average molecular weight is 303 g/mol. The molecule has 118 valence electrons. The molecule has 1 heterocycles. The molecule has 4 atom stereocenters. The Labute approximate surface area is 130 Å². The Morgan fingerprint density at radius 2 is 2.05 bits per heavy atom. The van der Waals surface area contributed by atoms with E-state index in [0.717, 1.165) is 25.3 Å². The van der Waals surface area contributed by atoms with Crippen molar-refractivity contribution in [3.63, 3.8) is 0 Å². The lowest BCUT2D eigenvalue weighted by Gasteiger charge is -2.38. The molecule has 1 saturated heterocycles. The maximum atomic E-state index is 12.2. The largest absolute Gasteiger partial charge is 0.353 e. The minimum Gasteiger partial charge on any atom is -0.353 e. The smallest absolute Gasteiger partial charge is 0.221 e. The van der Waals surface area contributed by atoms with E-state index < -0.39 is 0 Å². The average Bonchev–Trinajstić information content (AvgIpc) is 2.81. The van der Waals surface area contributed by atoms with E-state index >= 15 is 0 Å². The van der Waals surface area contributed by atoms with Crippen molar-refractivity contribution in [2.45, 2.75) is 71.4 Å². The summed E-state index contributed by atoms with van der Waals surface area (Å²) in [5, 5.41) is 6.74. The molecule has 0 radical (unpaired) electrons. The van der Waals surface area contributed by atoms with Gasteiger partial charge in [0.1, 0.15) is 0 Å². The predicted molar refractivity (Wildman–Crippen MR) is 86.2 cm³/mol. The molecule has 2 rings (SSSR count). The zero-order valence-corrected chi connectivity index (χ0v) is 14.0. The molecule has 4 unspecified atom stereocenters. The molecule has 3 nitrogen and oxygen atoms in total. The predicted octanol–water partition coefficient (Wildman–Crippen LogP) is 3.13. The van der Waals surface area contributed by atoms with E-state index in [2.05, 4.69) is 31.4 Å². The number of nitrogens with one attached hydrogen (secondary N) is 2. The molecule has 0 aromatic heterocycles. The third kappa shape index (κ3) is 4.92. The van der Waals surface area contributed by atoms with Crippen molar-refractivity contribution in [2.24, 2.45) is 17.8 Å². The lowest BCUT2D eigenvalue weighted by molar-refractivity contribution is -0.123. The highest BCUT2D eigenvalue weighted by molar-refractivity contribution is 5.85. The van der Waals surface area contributed by atoms with Gasteiger partial charge in [0.25, 0.3) is 0 Å². The quantitative estimate of drug-likeness (QED) is 0.838. The summed E-state index contributed by atoms with van der Waals surface area (Å²) in [6, 6.07) is 0.816. The first-order valence-corrected chi connectivity index (χ1v) is 8.09. The maximum Gasteiger partial charge on any atom is 0.221 e. The van der Waals surface area contributed by atoms with E-state index in [9.17, 15) is 4.79 Å². The second kappa shape index (κ2) is 8.23. The summed E-state index contributed by atoms with van der Waals surface area (Å²) < 4.78 is 0. The third-order valence-corrected chi connectivity index (χ3v) is 4.96. The molecule has 2 N–H and O–H groups in total. The SMILES string of the molecule is CC1CCC(C(C)C)C(NC(=O)CC2CCCN2)C1.Cl. The molecule has 0 spiro atoms. The minimum absolute atomic E-state index is 0. The van der Waals surface area contributed by atoms with Crippen LogP contribution in [0, 0.1) is 17.8 Å². The number of carbonyl (C=O) groups is 1. The van der Waals surface area contributed by atoms with Crippen LogP contribution in [0.1, 0.15) is 59.3 Å². The second-order valence-corrected chi connectivity index (χ2v) is 7.00. The summed E-state index contributed by atoms with van der Waals surface area (Å²) in [6.45, 7) is 7.97. The first-order valence-electron chi connectivity index (χ1n) is 8.09. The normalized spacial score (nSPS) is 33.8. The summed E-state index contributed by atoms with van der Waals surface area (Å²) in [4.78, 5) is 12.2. The lowest BCUT2D eigenvalue weighted by atomic mass is 9.74. The van der Waals surface area contributed by atoms with Gasteiger partial charge in [0.05, 0.1) is 0 Å². The fraction of sp³-hybridized carbons (Fsp3) is 0.938. The van der Waals surface area contributed by atoms with Crippen molar-refractivity contribution in [3.05, 3.63) is 0 Å². The number of rotatable bonds is 4. The molecule has 4 heteroatoms. The molecule has 2 aliphatic rings. The van der Waals surface area contributed by atoms with Gasteiger partial charge in [-0.1, -0.05) is 27.2 Å². The molecule has 0 bridgehead atoms. The van der Waals surface area contributed by atoms with Crippen molar-refractivity contribution in [1.82, 2.24) is 10.6 Å². The van der Waals surface area contributed by atoms with Crippen LogP contribution < -0.4 is 10.6 Å². The monoisotopic (exact) mass is 302 g/mol. The van der Waals surface area contributed by atoms with Crippen LogP contribution in [0.25, 0.3) is 0 Å². The highest BCUT2D eigenvalue weighted by atomic mass is 35.5.